The molecule has 0 unspecified atom stereocenters. The highest BCUT2D eigenvalue weighted by molar-refractivity contribution is 9.10. The molecule has 1 heterocycles. The van der Waals surface area contributed by atoms with E-state index < -0.39 is 0 Å². The topological polar surface area (TPSA) is 30.0 Å². The molecule has 0 aliphatic rings. The van der Waals surface area contributed by atoms with Gasteiger partial charge in [-0.2, -0.15) is 0 Å². The minimum absolute atomic E-state index is 0.340. The summed E-state index contributed by atoms with van der Waals surface area (Å²) < 4.78 is 0.970. The van der Waals surface area contributed by atoms with Crippen molar-refractivity contribution < 1.29 is 4.79 Å². The molecule has 2 nitrogen and oxygen atoms in total. The quantitative estimate of drug-likeness (QED) is 0.810. The van der Waals surface area contributed by atoms with E-state index >= 15 is 0 Å². The SMILES string of the molecule is CCCC(=O)CCc1cncc(Br)c1. The van der Waals surface area contributed by atoms with Crippen LogP contribution in [0.5, 0.6) is 0 Å². The third-order valence-corrected chi connectivity index (χ3v) is 2.42. The van der Waals surface area contributed by atoms with Crippen LogP contribution >= 0.6 is 15.9 Å². The first kappa shape index (κ1) is 11.4. The van der Waals surface area contributed by atoms with Gasteiger partial charge in [0.15, 0.2) is 0 Å². The van der Waals surface area contributed by atoms with Crippen LogP contribution in [0.4, 0.5) is 0 Å². The molecule has 1 rings (SSSR count). The summed E-state index contributed by atoms with van der Waals surface area (Å²) in [5, 5.41) is 0. The summed E-state index contributed by atoms with van der Waals surface area (Å²) in [5.74, 6) is 0.340. The summed E-state index contributed by atoms with van der Waals surface area (Å²) in [4.78, 5) is 15.3. The van der Waals surface area contributed by atoms with Gasteiger partial charge in [0, 0.05) is 29.7 Å². The number of Topliss-reactive ketones (excluding diaryl/α,β-unsaturated/α-hetero) is 1. The number of halogens is 1. The van der Waals surface area contributed by atoms with Crippen LogP contribution in [-0.2, 0) is 11.2 Å². The molecular weight excluding hydrogens is 242 g/mol. The van der Waals surface area contributed by atoms with E-state index in [4.69, 9.17) is 0 Å². The number of ketones is 1. The van der Waals surface area contributed by atoms with Crippen molar-refractivity contribution in [2.24, 2.45) is 0 Å². The van der Waals surface area contributed by atoms with Crippen LogP contribution in [0.3, 0.4) is 0 Å². The molecular formula is C11H14BrNO. The van der Waals surface area contributed by atoms with Crippen molar-refractivity contribution in [1.82, 2.24) is 4.98 Å². The average molecular weight is 256 g/mol. The molecule has 0 aliphatic heterocycles. The lowest BCUT2D eigenvalue weighted by Gasteiger charge is -2.00. The lowest BCUT2D eigenvalue weighted by Crippen LogP contribution is -1.99. The average Bonchev–Trinajstić information content (AvgIpc) is 2.15. The van der Waals surface area contributed by atoms with Gasteiger partial charge in [-0.25, -0.2) is 0 Å². The second-order valence-corrected chi connectivity index (χ2v) is 4.22. The summed E-state index contributed by atoms with van der Waals surface area (Å²) in [6.07, 6.45) is 6.62. The van der Waals surface area contributed by atoms with Crippen LogP contribution in [0.1, 0.15) is 31.7 Å². The molecule has 0 saturated heterocycles. The monoisotopic (exact) mass is 255 g/mol. The Balaban J connectivity index is 2.41. The fourth-order valence-corrected chi connectivity index (χ4v) is 1.69. The first-order valence-electron chi connectivity index (χ1n) is 4.83. The van der Waals surface area contributed by atoms with Crippen LogP contribution < -0.4 is 0 Å². The highest BCUT2D eigenvalue weighted by atomic mass is 79.9. The van der Waals surface area contributed by atoms with Crippen molar-refractivity contribution in [2.75, 3.05) is 0 Å². The maximum Gasteiger partial charge on any atom is 0.133 e. The number of aryl methyl sites for hydroxylation is 1. The Morgan fingerprint density at radius 2 is 2.21 bits per heavy atom. The molecule has 0 atom stereocenters. The smallest absolute Gasteiger partial charge is 0.133 e. The number of hydrogen-bond acceptors (Lipinski definition) is 2. The van der Waals surface area contributed by atoms with Gasteiger partial charge in [0.2, 0.25) is 0 Å². The molecule has 0 saturated carbocycles. The molecule has 14 heavy (non-hydrogen) atoms. The van der Waals surface area contributed by atoms with E-state index in [1.54, 1.807) is 6.20 Å². The summed E-state index contributed by atoms with van der Waals surface area (Å²) >= 11 is 3.35. The van der Waals surface area contributed by atoms with E-state index in [0.29, 0.717) is 18.6 Å². The number of carbonyl (C=O) groups excluding carboxylic acids is 1. The van der Waals surface area contributed by atoms with Crippen molar-refractivity contribution in [3.8, 4) is 0 Å². The van der Waals surface area contributed by atoms with Crippen molar-refractivity contribution in [3.05, 3.63) is 28.5 Å². The van der Waals surface area contributed by atoms with E-state index in [-0.39, 0.29) is 0 Å². The van der Waals surface area contributed by atoms with Gasteiger partial charge in [-0.3, -0.25) is 9.78 Å². The molecule has 3 heteroatoms. The number of aromatic nitrogens is 1. The van der Waals surface area contributed by atoms with Gasteiger partial charge in [-0.15, -0.1) is 0 Å². The van der Waals surface area contributed by atoms with Crippen LogP contribution in [-0.4, -0.2) is 10.8 Å². The number of hydrogen-bond donors (Lipinski definition) is 0. The van der Waals surface area contributed by atoms with Gasteiger partial charge in [0.1, 0.15) is 5.78 Å². The predicted molar refractivity (Wildman–Crippen MR) is 60.2 cm³/mol. The summed E-state index contributed by atoms with van der Waals surface area (Å²) in [6.45, 7) is 2.03. The molecule has 0 fully saturated rings. The third kappa shape index (κ3) is 4.01. The summed E-state index contributed by atoms with van der Waals surface area (Å²) in [5.41, 5.74) is 1.11. The van der Waals surface area contributed by atoms with E-state index in [2.05, 4.69) is 20.9 Å². The highest BCUT2D eigenvalue weighted by Gasteiger charge is 2.01. The van der Waals surface area contributed by atoms with Crippen molar-refractivity contribution in [2.45, 2.75) is 32.6 Å². The van der Waals surface area contributed by atoms with Gasteiger partial charge in [0.05, 0.1) is 0 Å². The van der Waals surface area contributed by atoms with Gasteiger partial charge < -0.3 is 0 Å². The fourth-order valence-electron chi connectivity index (χ4n) is 1.28. The zero-order chi connectivity index (χ0) is 10.4. The molecule has 1 aromatic rings. The molecule has 0 radical (unpaired) electrons. The first-order valence-corrected chi connectivity index (χ1v) is 5.62. The Kier molecular flexibility index (Phi) is 4.80. The van der Waals surface area contributed by atoms with Crippen LogP contribution in [0.2, 0.25) is 0 Å². The number of carbonyl (C=O) groups is 1. The van der Waals surface area contributed by atoms with E-state index in [1.165, 1.54) is 0 Å². The lowest BCUT2D eigenvalue weighted by atomic mass is 10.1. The molecule has 0 spiro atoms. The van der Waals surface area contributed by atoms with Gasteiger partial charge in [-0.05, 0) is 40.4 Å². The summed E-state index contributed by atoms with van der Waals surface area (Å²) in [6, 6.07) is 2.01. The van der Waals surface area contributed by atoms with Crippen LogP contribution in [0, 0.1) is 0 Å². The van der Waals surface area contributed by atoms with Crippen molar-refractivity contribution >= 4 is 21.7 Å². The van der Waals surface area contributed by atoms with Gasteiger partial charge in [-0.1, -0.05) is 6.92 Å². The molecule has 76 valence electrons. The Bertz CT molecular complexity index is 312. The molecule has 0 bridgehead atoms. The maximum absolute atomic E-state index is 11.3. The molecule has 0 aromatic carbocycles. The van der Waals surface area contributed by atoms with Crippen molar-refractivity contribution in [1.29, 1.82) is 0 Å². The van der Waals surface area contributed by atoms with Gasteiger partial charge in [0.25, 0.3) is 0 Å². The molecule has 0 N–H and O–H groups in total. The first-order chi connectivity index (χ1) is 6.72. The Labute approximate surface area is 92.9 Å². The molecule has 1 aromatic heterocycles. The Morgan fingerprint density at radius 3 is 2.86 bits per heavy atom. The minimum atomic E-state index is 0.340. The van der Waals surface area contributed by atoms with Crippen LogP contribution in [0.25, 0.3) is 0 Å². The summed E-state index contributed by atoms with van der Waals surface area (Å²) in [7, 11) is 0. The van der Waals surface area contributed by atoms with E-state index in [1.807, 2.05) is 19.2 Å². The van der Waals surface area contributed by atoms with E-state index in [9.17, 15) is 4.79 Å². The largest absolute Gasteiger partial charge is 0.300 e. The van der Waals surface area contributed by atoms with E-state index in [0.717, 1.165) is 22.9 Å². The predicted octanol–water partition coefficient (Wildman–Crippen LogP) is 3.15. The zero-order valence-electron chi connectivity index (χ0n) is 8.29. The zero-order valence-corrected chi connectivity index (χ0v) is 9.88. The normalized spacial score (nSPS) is 10.1. The highest BCUT2D eigenvalue weighted by Crippen LogP contribution is 2.11. The molecule has 0 amide bonds. The standard InChI is InChI=1S/C11H14BrNO/c1-2-3-11(14)5-4-9-6-10(12)8-13-7-9/h6-8H,2-5H2,1H3. The second kappa shape index (κ2) is 5.91. The minimum Gasteiger partial charge on any atom is -0.300 e. The second-order valence-electron chi connectivity index (χ2n) is 3.30. The fraction of sp³-hybridized carbons (Fsp3) is 0.455. The third-order valence-electron chi connectivity index (χ3n) is 1.98. The van der Waals surface area contributed by atoms with Crippen LogP contribution in [0.15, 0.2) is 22.9 Å². The van der Waals surface area contributed by atoms with Crippen molar-refractivity contribution in [3.63, 3.8) is 0 Å². The Morgan fingerprint density at radius 1 is 1.43 bits per heavy atom. The number of pyridine rings is 1. The number of rotatable bonds is 5. The Hall–Kier alpha value is -0.700. The lowest BCUT2D eigenvalue weighted by molar-refractivity contribution is -0.119. The number of nitrogens with zero attached hydrogens (tertiary/aromatic N) is 1. The van der Waals surface area contributed by atoms with Gasteiger partial charge >= 0.3 is 0 Å². The molecule has 0 aliphatic carbocycles. The maximum atomic E-state index is 11.3.